The number of ether oxygens (including phenoxy) is 1. The second-order valence-corrected chi connectivity index (χ2v) is 7.63. The van der Waals surface area contributed by atoms with E-state index in [1.807, 2.05) is 13.1 Å². The summed E-state index contributed by atoms with van der Waals surface area (Å²) in [4.78, 5) is 14.7. The molecule has 0 radical (unpaired) electrons. The van der Waals surface area contributed by atoms with Crippen LogP contribution in [0.5, 0.6) is 0 Å². The molecule has 1 atom stereocenters. The van der Waals surface area contributed by atoms with E-state index >= 15 is 0 Å². The smallest absolute Gasteiger partial charge is 0.263 e. The Morgan fingerprint density at radius 2 is 2.33 bits per heavy atom. The maximum absolute atomic E-state index is 12.2. The third kappa shape index (κ3) is 3.56. The van der Waals surface area contributed by atoms with Crippen LogP contribution in [0.25, 0.3) is 0 Å². The van der Waals surface area contributed by atoms with E-state index in [4.69, 9.17) is 4.74 Å². The number of thiophene rings is 1. The summed E-state index contributed by atoms with van der Waals surface area (Å²) in [5.74, 6) is 0.0561. The van der Waals surface area contributed by atoms with Gasteiger partial charge in [-0.3, -0.25) is 4.79 Å². The van der Waals surface area contributed by atoms with E-state index in [1.165, 1.54) is 17.8 Å². The van der Waals surface area contributed by atoms with Crippen LogP contribution in [0, 0.1) is 0 Å². The van der Waals surface area contributed by atoms with E-state index in [2.05, 4.69) is 31.9 Å². The Kier molecular flexibility index (Phi) is 5.24. The first kappa shape index (κ1) is 14.5. The van der Waals surface area contributed by atoms with Crippen molar-refractivity contribution in [2.24, 2.45) is 0 Å². The largest absolute Gasteiger partial charge is 0.376 e. The molecule has 1 fully saturated rings. The molecule has 0 saturated carbocycles. The minimum atomic E-state index is 0.0561. The number of halogens is 2. The minimum absolute atomic E-state index is 0.0561. The van der Waals surface area contributed by atoms with Crippen molar-refractivity contribution in [1.82, 2.24) is 4.90 Å². The lowest BCUT2D eigenvalue weighted by Gasteiger charge is -2.27. The second kappa shape index (κ2) is 6.50. The Morgan fingerprint density at radius 3 is 2.89 bits per heavy atom. The molecule has 1 aromatic rings. The molecule has 18 heavy (non-hydrogen) atoms. The molecule has 0 bridgehead atoms. The molecule has 6 heteroatoms. The van der Waals surface area contributed by atoms with Gasteiger partial charge in [-0.05, 0) is 57.2 Å². The summed E-state index contributed by atoms with van der Waals surface area (Å²) in [7, 11) is 1.84. The molecule has 0 aromatic carbocycles. The Morgan fingerprint density at radius 1 is 1.56 bits per heavy atom. The molecule has 1 aromatic heterocycles. The third-order valence-electron chi connectivity index (χ3n) is 2.95. The van der Waals surface area contributed by atoms with Crippen molar-refractivity contribution in [2.75, 3.05) is 20.2 Å². The molecule has 0 spiro atoms. The molecule has 2 rings (SSSR count). The second-order valence-electron chi connectivity index (χ2n) is 4.41. The van der Waals surface area contributed by atoms with Gasteiger partial charge in [0.25, 0.3) is 5.91 Å². The van der Waals surface area contributed by atoms with Crippen LogP contribution in [0.1, 0.15) is 28.9 Å². The number of likely N-dealkylation sites (N-methyl/N-ethyl adjacent to an activating group) is 1. The van der Waals surface area contributed by atoms with Gasteiger partial charge in [0.1, 0.15) is 0 Å². The Balaban J connectivity index is 1.95. The van der Waals surface area contributed by atoms with Gasteiger partial charge in [0.05, 0.1) is 14.8 Å². The fourth-order valence-electron chi connectivity index (χ4n) is 1.98. The number of rotatable bonds is 3. The van der Waals surface area contributed by atoms with E-state index in [9.17, 15) is 4.79 Å². The molecule has 2 heterocycles. The van der Waals surface area contributed by atoms with Crippen molar-refractivity contribution in [2.45, 2.75) is 25.4 Å². The maximum atomic E-state index is 12.2. The Hall–Kier alpha value is 0.0900. The first-order valence-corrected chi connectivity index (χ1v) is 8.30. The molecule has 0 aliphatic carbocycles. The van der Waals surface area contributed by atoms with Crippen molar-refractivity contribution in [3.63, 3.8) is 0 Å². The zero-order valence-electron chi connectivity index (χ0n) is 10.1. The van der Waals surface area contributed by atoms with Crippen molar-refractivity contribution in [1.29, 1.82) is 0 Å². The van der Waals surface area contributed by atoms with Gasteiger partial charge in [-0.1, -0.05) is 0 Å². The van der Waals surface area contributed by atoms with Gasteiger partial charge in [-0.25, -0.2) is 0 Å². The van der Waals surface area contributed by atoms with E-state index in [1.54, 1.807) is 4.90 Å². The summed E-state index contributed by atoms with van der Waals surface area (Å²) in [5, 5.41) is 0. The highest BCUT2D eigenvalue weighted by molar-refractivity contribution is 9.13. The van der Waals surface area contributed by atoms with Gasteiger partial charge >= 0.3 is 0 Å². The molecule has 1 unspecified atom stereocenters. The quantitative estimate of drug-likeness (QED) is 0.774. The first-order valence-electron chi connectivity index (χ1n) is 5.90. The van der Waals surface area contributed by atoms with Crippen molar-refractivity contribution >= 4 is 49.1 Å². The van der Waals surface area contributed by atoms with E-state index in [-0.39, 0.29) is 12.0 Å². The summed E-state index contributed by atoms with van der Waals surface area (Å²) in [6.07, 6.45) is 3.58. The van der Waals surface area contributed by atoms with E-state index in [0.717, 1.165) is 32.6 Å². The normalized spacial score (nSPS) is 19.8. The fraction of sp³-hybridized carbons (Fsp3) is 0.583. The number of hydrogen-bond donors (Lipinski definition) is 0. The van der Waals surface area contributed by atoms with Crippen molar-refractivity contribution < 1.29 is 9.53 Å². The maximum Gasteiger partial charge on any atom is 0.263 e. The summed E-state index contributed by atoms with van der Waals surface area (Å²) in [6.45, 7) is 1.49. The van der Waals surface area contributed by atoms with Crippen molar-refractivity contribution in [3.05, 3.63) is 19.2 Å². The van der Waals surface area contributed by atoms with Crippen LogP contribution < -0.4 is 0 Å². The first-order chi connectivity index (χ1) is 8.58. The van der Waals surface area contributed by atoms with Crippen molar-refractivity contribution in [3.8, 4) is 0 Å². The van der Waals surface area contributed by atoms with Crippen LogP contribution in [0.3, 0.4) is 0 Å². The van der Waals surface area contributed by atoms with Crippen LogP contribution in [-0.2, 0) is 4.74 Å². The molecule has 1 saturated heterocycles. The molecule has 1 amide bonds. The number of carbonyl (C=O) groups excluding carboxylic acids is 1. The SMILES string of the molecule is CN(CC1CCCCO1)C(=O)c1cc(Br)c(Br)s1. The zero-order chi connectivity index (χ0) is 13.1. The molecular formula is C12H15Br2NO2S. The molecular weight excluding hydrogens is 382 g/mol. The highest BCUT2D eigenvalue weighted by atomic mass is 79.9. The highest BCUT2D eigenvalue weighted by Gasteiger charge is 2.21. The molecule has 100 valence electrons. The van der Waals surface area contributed by atoms with Crippen LogP contribution in [0.15, 0.2) is 14.3 Å². The highest BCUT2D eigenvalue weighted by Crippen LogP contribution is 2.33. The summed E-state index contributed by atoms with van der Waals surface area (Å²) < 4.78 is 7.54. The van der Waals surface area contributed by atoms with Crippen LogP contribution in [-0.4, -0.2) is 37.1 Å². The third-order valence-corrected chi connectivity index (χ3v) is 6.20. The number of amides is 1. The van der Waals surface area contributed by atoms with Gasteiger partial charge in [-0.2, -0.15) is 0 Å². The molecule has 1 aliphatic rings. The topological polar surface area (TPSA) is 29.5 Å². The number of hydrogen-bond acceptors (Lipinski definition) is 3. The lowest BCUT2D eigenvalue weighted by atomic mass is 10.1. The van der Waals surface area contributed by atoms with Crippen LogP contribution in [0.4, 0.5) is 0 Å². The standard InChI is InChI=1S/C12H15Br2NO2S/c1-15(7-8-4-2-3-5-17-8)12(16)10-6-9(13)11(14)18-10/h6,8H,2-5,7H2,1H3. The monoisotopic (exact) mass is 395 g/mol. The average Bonchev–Trinajstić information content (AvgIpc) is 2.70. The zero-order valence-corrected chi connectivity index (χ0v) is 14.1. The van der Waals surface area contributed by atoms with Crippen LogP contribution >= 0.6 is 43.2 Å². The summed E-state index contributed by atoms with van der Waals surface area (Å²) in [5.41, 5.74) is 0. The van der Waals surface area contributed by atoms with Gasteiger partial charge in [0.15, 0.2) is 0 Å². The molecule has 3 nitrogen and oxygen atoms in total. The molecule has 0 N–H and O–H groups in total. The van der Waals surface area contributed by atoms with Gasteiger partial charge in [-0.15, -0.1) is 11.3 Å². The predicted octanol–water partition coefficient (Wildman–Crippen LogP) is 3.91. The van der Waals surface area contributed by atoms with E-state index < -0.39 is 0 Å². The van der Waals surface area contributed by atoms with Gasteiger partial charge in [0, 0.05) is 24.7 Å². The minimum Gasteiger partial charge on any atom is -0.376 e. The van der Waals surface area contributed by atoms with Crippen LogP contribution in [0.2, 0.25) is 0 Å². The van der Waals surface area contributed by atoms with Gasteiger partial charge < -0.3 is 9.64 Å². The lowest BCUT2D eigenvalue weighted by Crippen LogP contribution is -2.36. The van der Waals surface area contributed by atoms with E-state index in [0.29, 0.717) is 6.54 Å². The molecule has 1 aliphatic heterocycles. The predicted molar refractivity (Wildman–Crippen MR) is 80.3 cm³/mol. The summed E-state index contributed by atoms with van der Waals surface area (Å²) in [6, 6.07) is 1.86. The number of carbonyl (C=O) groups is 1. The number of nitrogens with zero attached hydrogens (tertiary/aromatic N) is 1. The Labute approximate surface area is 128 Å². The summed E-state index contributed by atoms with van der Waals surface area (Å²) >= 11 is 8.26. The Bertz CT molecular complexity index is 410. The fourth-order valence-corrected chi connectivity index (χ4v) is 4.01. The van der Waals surface area contributed by atoms with Gasteiger partial charge in [0.2, 0.25) is 0 Å². The lowest BCUT2D eigenvalue weighted by molar-refractivity contribution is -0.000101. The average molecular weight is 397 g/mol.